The fourth-order valence-corrected chi connectivity index (χ4v) is 3.17. The maximum absolute atomic E-state index is 12.3. The summed E-state index contributed by atoms with van der Waals surface area (Å²) in [5.41, 5.74) is 2.93. The van der Waals surface area contributed by atoms with Crippen molar-refractivity contribution in [1.29, 1.82) is 0 Å². The van der Waals surface area contributed by atoms with Crippen LogP contribution in [0.2, 0.25) is 10.4 Å². The number of hydrogen-bond acceptors (Lipinski definition) is 5. The smallest absolute Gasteiger partial charge is 0.255 e. The molecule has 4 rings (SSSR count). The Balaban J connectivity index is 1.43. The molecule has 4 aromatic rings. The number of fused-ring (bicyclic) bond motifs is 1. The Morgan fingerprint density at radius 1 is 0.966 bits per heavy atom. The molecule has 6 nitrogen and oxygen atoms in total. The highest BCUT2D eigenvalue weighted by molar-refractivity contribution is 6.30. The Kier molecular flexibility index (Phi) is 5.55. The lowest BCUT2D eigenvalue weighted by molar-refractivity contribution is 0.102. The van der Waals surface area contributed by atoms with Crippen LogP contribution in [0, 0.1) is 0 Å². The van der Waals surface area contributed by atoms with Crippen LogP contribution in [0.4, 0.5) is 11.5 Å². The number of carbonyl (C=O) groups excluding carboxylic acids is 1. The van der Waals surface area contributed by atoms with Crippen molar-refractivity contribution in [3.05, 3.63) is 88.4 Å². The zero-order valence-electron chi connectivity index (χ0n) is 15.1. The minimum Gasteiger partial charge on any atom is -0.365 e. The summed E-state index contributed by atoms with van der Waals surface area (Å²) in [7, 11) is 0. The maximum Gasteiger partial charge on any atom is 0.255 e. The molecule has 0 aliphatic rings. The molecule has 0 saturated heterocycles. The molecule has 1 amide bonds. The number of nitrogens with one attached hydrogen (secondary N) is 2. The third kappa shape index (κ3) is 4.62. The van der Waals surface area contributed by atoms with Gasteiger partial charge < -0.3 is 10.6 Å². The van der Waals surface area contributed by atoms with Crippen LogP contribution < -0.4 is 10.6 Å². The van der Waals surface area contributed by atoms with Gasteiger partial charge in [0.1, 0.15) is 11.0 Å². The number of carbonyl (C=O) groups is 1. The van der Waals surface area contributed by atoms with Crippen molar-refractivity contribution in [3.63, 3.8) is 0 Å². The standard InChI is InChI=1S/C21H15Cl2N5O/c22-18-11-14(9-10-24-18)20(29)26-15-7-5-13(6-8-15)12-25-19-16-3-1-2-4-17(16)27-21(23)28-19/h1-11H,12H2,(H,26,29)(H,25,27,28). The summed E-state index contributed by atoms with van der Waals surface area (Å²) in [6, 6.07) is 18.3. The molecule has 0 bridgehead atoms. The van der Waals surface area contributed by atoms with Crippen LogP contribution in [0.15, 0.2) is 66.9 Å². The Labute approximate surface area is 176 Å². The predicted octanol–water partition coefficient (Wildman–Crippen LogP) is 5.20. The Bertz CT molecular complexity index is 1180. The normalized spacial score (nSPS) is 10.7. The molecule has 144 valence electrons. The van der Waals surface area contributed by atoms with Gasteiger partial charge in [-0.25, -0.2) is 15.0 Å². The number of amides is 1. The van der Waals surface area contributed by atoms with Crippen LogP contribution in [0.25, 0.3) is 10.9 Å². The first-order valence-electron chi connectivity index (χ1n) is 8.76. The van der Waals surface area contributed by atoms with Gasteiger partial charge in [0.2, 0.25) is 5.28 Å². The Hall–Kier alpha value is -3.22. The van der Waals surface area contributed by atoms with E-state index in [1.165, 1.54) is 12.3 Å². The van der Waals surface area contributed by atoms with Gasteiger partial charge in [-0.15, -0.1) is 0 Å². The number of anilines is 2. The van der Waals surface area contributed by atoms with Crippen LogP contribution in [-0.2, 0) is 6.54 Å². The second-order valence-electron chi connectivity index (χ2n) is 6.23. The topological polar surface area (TPSA) is 79.8 Å². The Morgan fingerprint density at radius 2 is 1.76 bits per heavy atom. The number of aromatic nitrogens is 3. The molecule has 0 saturated carbocycles. The van der Waals surface area contributed by atoms with Crippen LogP contribution >= 0.6 is 23.2 Å². The number of benzene rings is 2. The predicted molar refractivity (Wildman–Crippen MR) is 116 cm³/mol. The van der Waals surface area contributed by atoms with E-state index in [-0.39, 0.29) is 16.3 Å². The number of hydrogen-bond donors (Lipinski definition) is 2. The average molecular weight is 424 g/mol. The summed E-state index contributed by atoms with van der Waals surface area (Å²) in [6.45, 7) is 0.547. The summed E-state index contributed by atoms with van der Waals surface area (Å²) in [5.74, 6) is 0.426. The second-order valence-corrected chi connectivity index (χ2v) is 6.96. The van der Waals surface area contributed by atoms with E-state index in [9.17, 15) is 4.79 Å². The molecule has 2 N–H and O–H groups in total. The van der Waals surface area contributed by atoms with Crippen molar-refractivity contribution in [2.45, 2.75) is 6.54 Å². The molecule has 29 heavy (non-hydrogen) atoms. The molecule has 0 aliphatic heterocycles. The van der Waals surface area contributed by atoms with Crippen molar-refractivity contribution in [2.75, 3.05) is 10.6 Å². The van der Waals surface area contributed by atoms with Crippen molar-refractivity contribution in [2.24, 2.45) is 0 Å². The van der Waals surface area contributed by atoms with Gasteiger partial charge in [0, 0.05) is 29.4 Å². The highest BCUT2D eigenvalue weighted by Gasteiger charge is 2.08. The lowest BCUT2D eigenvalue weighted by Gasteiger charge is -2.10. The first-order valence-corrected chi connectivity index (χ1v) is 9.52. The fourth-order valence-electron chi connectivity index (χ4n) is 2.82. The molecular formula is C21H15Cl2N5O. The summed E-state index contributed by atoms with van der Waals surface area (Å²) >= 11 is 11.8. The molecule has 2 aromatic heterocycles. The summed E-state index contributed by atoms with van der Waals surface area (Å²) in [6.07, 6.45) is 1.50. The van der Waals surface area contributed by atoms with E-state index in [2.05, 4.69) is 25.6 Å². The summed E-state index contributed by atoms with van der Waals surface area (Å²) < 4.78 is 0. The third-order valence-corrected chi connectivity index (χ3v) is 4.61. The zero-order chi connectivity index (χ0) is 20.2. The number of rotatable bonds is 5. The highest BCUT2D eigenvalue weighted by atomic mass is 35.5. The summed E-state index contributed by atoms with van der Waals surface area (Å²) in [5, 5.41) is 7.50. The van der Waals surface area contributed by atoms with Crippen LogP contribution in [0.1, 0.15) is 15.9 Å². The van der Waals surface area contributed by atoms with Crippen molar-refractivity contribution >= 4 is 51.5 Å². The molecule has 0 spiro atoms. The molecule has 0 unspecified atom stereocenters. The minimum absolute atomic E-state index is 0.195. The second kappa shape index (κ2) is 8.43. The molecule has 0 aliphatic carbocycles. The van der Waals surface area contributed by atoms with E-state index in [1.54, 1.807) is 6.07 Å². The number of pyridine rings is 1. The van der Waals surface area contributed by atoms with Gasteiger partial charge >= 0.3 is 0 Å². The van der Waals surface area contributed by atoms with E-state index in [0.29, 0.717) is 23.6 Å². The van der Waals surface area contributed by atoms with Crippen LogP contribution in [0.5, 0.6) is 0 Å². The van der Waals surface area contributed by atoms with E-state index >= 15 is 0 Å². The molecule has 2 aromatic carbocycles. The molecule has 0 fully saturated rings. The van der Waals surface area contributed by atoms with Crippen molar-refractivity contribution in [1.82, 2.24) is 15.0 Å². The summed E-state index contributed by atoms with van der Waals surface area (Å²) in [4.78, 5) is 24.7. The fraction of sp³-hybridized carbons (Fsp3) is 0.0476. The van der Waals surface area contributed by atoms with Gasteiger partial charge in [0.15, 0.2) is 0 Å². The third-order valence-electron chi connectivity index (χ3n) is 4.24. The van der Waals surface area contributed by atoms with Gasteiger partial charge in [-0.1, -0.05) is 35.9 Å². The monoisotopic (exact) mass is 423 g/mol. The van der Waals surface area contributed by atoms with E-state index < -0.39 is 0 Å². The quantitative estimate of drug-likeness (QED) is 0.340. The minimum atomic E-state index is -0.248. The zero-order valence-corrected chi connectivity index (χ0v) is 16.6. The molecule has 0 atom stereocenters. The molecule has 0 radical (unpaired) electrons. The van der Waals surface area contributed by atoms with Gasteiger partial charge in [-0.05, 0) is 53.6 Å². The van der Waals surface area contributed by atoms with Gasteiger partial charge in [0.05, 0.1) is 5.52 Å². The number of nitrogens with zero attached hydrogens (tertiary/aromatic N) is 3. The number of para-hydroxylation sites is 1. The van der Waals surface area contributed by atoms with Crippen LogP contribution in [0.3, 0.4) is 0 Å². The van der Waals surface area contributed by atoms with Crippen molar-refractivity contribution < 1.29 is 4.79 Å². The lowest BCUT2D eigenvalue weighted by Crippen LogP contribution is -2.12. The first kappa shape index (κ1) is 19.1. The SMILES string of the molecule is O=C(Nc1ccc(CNc2nc(Cl)nc3ccccc23)cc1)c1ccnc(Cl)c1. The molecule has 2 heterocycles. The lowest BCUT2D eigenvalue weighted by atomic mass is 10.2. The number of halogens is 2. The van der Waals surface area contributed by atoms with E-state index in [1.807, 2.05) is 48.5 Å². The van der Waals surface area contributed by atoms with Gasteiger partial charge in [-0.2, -0.15) is 0 Å². The van der Waals surface area contributed by atoms with Gasteiger partial charge in [0.25, 0.3) is 5.91 Å². The van der Waals surface area contributed by atoms with Gasteiger partial charge in [-0.3, -0.25) is 4.79 Å². The molecule has 8 heteroatoms. The Morgan fingerprint density at radius 3 is 2.55 bits per heavy atom. The van der Waals surface area contributed by atoms with E-state index in [4.69, 9.17) is 23.2 Å². The van der Waals surface area contributed by atoms with Crippen LogP contribution in [-0.4, -0.2) is 20.9 Å². The van der Waals surface area contributed by atoms with Crippen molar-refractivity contribution in [3.8, 4) is 0 Å². The van der Waals surface area contributed by atoms with E-state index in [0.717, 1.165) is 16.5 Å². The average Bonchev–Trinajstić information content (AvgIpc) is 2.73. The first-order chi connectivity index (χ1) is 14.1. The molecular weight excluding hydrogens is 409 g/mol. The maximum atomic E-state index is 12.3. The highest BCUT2D eigenvalue weighted by Crippen LogP contribution is 2.22. The largest absolute Gasteiger partial charge is 0.365 e.